The molecule has 0 aliphatic rings. The van der Waals surface area contributed by atoms with E-state index in [1.165, 1.54) is 0 Å². The van der Waals surface area contributed by atoms with Gasteiger partial charge in [-0.25, -0.2) is 0 Å². The Morgan fingerprint density at radius 3 is 1.31 bits per heavy atom. The first kappa shape index (κ1) is 12.5. The molecule has 2 nitrogen and oxygen atoms in total. The topological polar surface area (TPSA) is 20.3 Å². The molecule has 0 N–H and O–H groups in total. The quantitative estimate of drug-likeness (QED) is 0.601. The summed E-state index contributed by atoms with van der Waals surface area (Å²) in [6, 6.07) is 0.546. The molecule has 0 aliphatic heterocycles. The third kappa shape index (κ3) is 3.37. The van der Waals surface area contributed by atoms with Gasteiger partial charge in [-0.2, -0.15) is 0 Å². The van der Waals surface area contributed by atoms with Crippen LogP contribution < -0.4 is 0 Å². The third-order valence-corrected chi connectivity index (χ3v) is 2.91. The first-order chi connectivity index (χ1) is 5.91. The van der Waals surface area contributed by atoms with Crippen molar-refractivity contribution in [3.8, 4) is 0 Å². The number of carbonyl (C=O) groups excluding carboxylic acids is 1. The molecule has 0 aromatic rings. The molecule has 0 bridgehead atoms. The van der Waals surface area contributed by atoms with Gasteiger partial charge in [-0.3, -0.25) is 4.79 Å². The van der Waals surface area contributed by atoms with Crippen molar-refractivity contribution in [3.05, 3.63) is 0 Å². The number of nitrogens with zero attached hydrogens (tertiary/aromatic N) is 1. The Morgan fingerprint density at radius 2 is 1.15 bits per heavy atom. The summed E-state index contributed by atoms with van der Waals surface area (Å²) >= 11 is 0. The van der Waals surface area contributed by atoms with Gasteiger partial charge in [0.25, 0.3) is 0 Å². The zero-order valence-electron chi connectivity index (χ0n) is 9.66. The van der Waals surface area contributed by atoms with E-state index in [0.29, 0.717) is 11.8 Å². The molecular formula is C11H22NO. The highest BCUT2D eigenvalue weighted by Gasteiger charge is 2.23. The van der Waals surface area contributed by atoms with Crippen LogP contribution in [0.4, 0.5) is 0 Å². The minimum Gasteiger partial charge on any atom is -0.329 e. The molecule has 0 fully saturated rings. The van der Waals surface area contributed by atoms with Crippen LogP contribution in [0.5, 0.6) is 0 Å². The average molecular weight is 184 g/mol. The summed E-state index contributed by atoms with van der Waals surface area (Å²) in [5, 5.41) is 0. The van der Waals surface area contributed by atoms with Gasteiger partial charge in [0.15, 0.2) is 0 Å². The number of amides is 1. The lowest BCUT2D eigenvalue weighted by Crippen LogP contribution is -2.44. The lowest BCUT2D eigenvalue weighted by Gasteiger charge is -2.34. The van der Waals surface area contributed by atoms with Crippen molar-refractivity contribution in [3.63, 3.8) is 0 Å². The van der Waals surface area contributed by atoms with Gasteiger partial charge in [0.2, 0.25) is 0 Å². The molecule has 0 heterocycles. The minimum atomic E-state index is 0.273. The Balaban J connectivity index is 4.40. The maximum Gasteiger partial charge on any atom is 0.312 e. The fourth-order valence-electron chi connectivity index (χ4n) is 1.18. The monoisotopic (exact) mass is 184 g/mol. The molecule has 13 heavy (non-hydrogen) atoms. The Hall–Kier alpha value is -0.530. The Kier molecular flexibility index (Phi) is 5.04. The van der Waals surface area contributed by atoms with Gasteiger partial charge in [-0.05, 0) is 25.7 Å². The summed E-state index contributed by atoms with van der Waals surface area (Å²) in [5.74, 6) is 0.977. The fraction of sp³-hybridized carbons (Fsp3) is 0.909. The van der Waals surface area contributed by atoms with E-state index >= 15 is 0 Å². The van der Waals surface area contributed by atoms with Crippen molar-refractivity contribution < 1.29 is 4.79 Å². The van der Waals surface area contributed by atoms with Crippen LogP contribution in [0.3, 0.4) is 0 Å². The maximum absolute atomic E-state index is 10.8. The van der Waals surface area contributed by atoms with Gasteiger partial charge >= 0.3 is 6.41 Å². The van der Waals surface area contributed by atoms with Gasteiger partial charge in [0, 0.05) is 12.1 Å². The van der Waals surface area contributed by atoms with Crippen LogP contribution in [-0.4, -0.2) is 23.4 Å². The number of rotatable bonds is 5. The van der Waals surface area contributed by atoms with Crippen LogP contribution in [0.15, 0.2) is 0 Å². The van der Waals surface area contributed by atoms with Crippen molar-refractivity contribution in [2.45, 2.75) is 53.6 Å². The van der Waals surface area contributed by atoms with E-state index in [9.17, 15) is 4.79 Å². The van der Waals surface area contributed by atoms with E-state index in [-0.39, 0.29) is 12.1 Å². The van der Waals surface area contributed by atoms with Gasteiger partial charge in [0.1, 0.15) is 0 Å². The van der Waals surface area contributed by atoms with Crippen molar-refractivity contribution in [1.82, 2.24) is 4.90 Å². The molecule has 0 aliphatic carbocycles. The lowest BCUT2D eigenvalue weighted by atomic mass is 9.99. The van der Waals surface area contributed by atoms with Crippen LogP contribution in [0, 0.1) is 11.8 Å². The molecule has 0 saturated carbocycles. The first-order valence-electron chi connectivity index (χ1n) is 5.07. The molecule has 2 atom stereocenters. The summed E-state index contributed by atoms with van der Waals surface area (Å²) in [4.78, 5) is 12.6. The van der Waals surface area contributed by atoms with Gasteiger partial charge in [0.05, 0.1) is 0 Å². The highest BCUT2D eigenvalue weighted by Crippen LogP contribution is 2.16. The highest BCUT2D eigenvalue weighted by atomic mass is 16.1. The molecule has 0 aromatic carbocycles. The zero-order chi connectivity index (χ0) is 10.6. The van der Waals surface area contributed by atoms with Gasteiger partial charge < -0.3 is 4.90 Å². The van der Waals surface area contributed by atoms with Crippen LogP contribution in [0.1, 0.15) is 41.5 Å². The molecule has 2 unspecified atom stereocenters. The molecule has 0 aromatic heterocycles. The summed E-state index contributed by atoms with van der Waals surface area (Å²) in [6.07, 6.45) is 2.05. The minimum absolute atomic E-state index is 0.273. The Bertz CT molecular complexity index is 140. The number of hydrogen-bond donors (Lipinski definition) is 0. The second kappa shape index (κ2) is 5.25. The Labute approximate surface area is 82.3 Å². The smallest absolute Gasteiger partial charge is 0.312 e. The van der Waals surface area contributed by atoms with Crippen molar-refractivity contribution >= 4 is 6.41 Å². The maximum atomic E-state index is 10.8. The van der Waals surface area contributed by atoms with E-state index in [4.69, 9.17) is 0 Å². The van der Waals surface area contributed by atoms with E-state index in [1.54, 1.807) is 4.90 Å². The summed E-state index contributed by atoms with van der Waals surface area (Å²) in [5.41, 5.74) is 0. The lowest BCUT2D eigenvalue weighted by molar-refractivity contribution is 0.172. The highest BCUT2D eigenvalue weighted by molar-refractivity contribution is 5.49. The molecular weight excluding hydrogens is 162 g/mol. The molecule has 1 amide bonds. The molecule has 0 saturated heterocycles. The van der Waals surface area contributed by atoms with Crippen LogP contribution >= 0.6 is 0 Å². The molecule has 0 spiro atoms. The summed E-state index contributed by atoms with van der Waals surface area (Å²) in [6.45, 7) is 12.7. The zero-order valence-corrected chi connectivity index (χ0v) is 9.66. The van der Waals surface area contributed by atoms with Crippen molar-refractivity contribution in [2.24, 2.45) is 11.8 Å². The van der Waals surface area contributed by atoms with Gasteiger partial charge in [-0.15, -0.1) is 0 Å². The fourth-order valence-corrected chi connectivity index (χ4v) is 1.18. The average Bonchev–Trinajstić information content (AvgIpc) is 2.04. The normalized spacial score (nSPS) is 16.0. The van der Waals surface area contributed by atoms with E-state index < -0.39 is 0 Å². The molecule has 2 heteroatoms. The van der Waals surface area contributed by atoms with Crippen molar-refractivity contribution in [1.29, 1.82) is 0 Å². The predicted octanol–water partition coefficient (Wildman–Crippen LogP) is 2.44. The third-order valence-electron chi connectivity index (χ3n) is 2.91. The van der Waals surface area contributed by atoms with E-state index in [0.717, 1.165) is 0 Å². The second-order valence-corrected chi connectivity index (χ2v) is 4.47. The predicted molar refractivity (Wildman–Crippen MR) is 56.1 cm³/mol. The second-order valence-electron chi connectivity index (χ2n) is 4.47. The molecule has 77 valence electrons. The Morgan fingerprint density at radius 1 is 0.846 bits per heavy atom. The van der Waals surface area contributed by atoms with E-state index in [2.05, 4.69) is 41.5 Å². The standard InChI is InChI=1S/C11H22NO/c1-8(2)10(5)12(7-13)11(6)9(3)4/h8-11H,1-6H3. The molecule has 0 rings (SSSR count). The van der Waals surface area contributed by atoms with Crippen molar-refractivity contribution in [2.75, 3.05) is 0 Å². The number of hydrogen-bond acceptors (Lipinski definition) is 1. The molecule has 1 radical (unpaired) electrons. The largest absolute Gasteiger partial charge is 0.329 e. The van der Waals surface area contributed by atoms with Crippen LogP contribution in [-0.2, 0) is 4.79 Å². The van der Waals surface area contributed by atoms with Crippen LogP contribution in [0.2, 0.25) is 0 Å². The summed E-state index contributed by atoms with van der Waals surface area (Å²) < 4.78 is 0. The summed E-state index contributed by atoms with van der Waals surface area (Å²) in [7, 11) is 0. The first-order valence-corrected chi connectivity index (χ1v) is 5.07. The van der Waals surface area contributed by atoms with E-state index in [1.807, 2.05) is 6.41 Å². The SMILES string of the molecule is CC(C)C(C)N([C]=O)C(C)C(C)C. The van der Waals surface area contributed by atoms with Gasteiger partial charge in [-0.1, -0.05) is 27.7 Å². The van der Waals surface area contributed by atoms with Crippen LogP contribution in [0.25, 0.3) is 0 Å².